The van der Waals surface area contributed by atoms with Crippen LogP contribution in [0.15, 0.2) is 18.2 Å². The molecule has 0 bridgehead atoms. The predicted octanol–water partition coefficient (Wildman–Crippen LogP) is 8.89. The maximum Gasteiger partial charge on any atom is 0.165 e. The van der Waals surface area contributed by atoms with E-state index < -0.39 is 0 Å². The standard InChI is InChI=1S/C28H47FOSi/c1-3-5-8-19-31-20-17-24(18-21-31)10-7-6-9-23-11-13-25(14-12-23)26-15-16-28(30-4-2)27(29)22-26/h15-16,22-25,31H,3-14,17-21H2,1-2H3/t23-,24-,25-,31-. The van der Waals surface area contributed by atoms with E-state index >= 15 is 0 Å². The van der Waals surface area contributed by atoms with Gasteiger partial charge in [0, 0.05) is 8.80 Å². The zero-order chi connectivity index (χ0) is 21.9. The highest BCUT2D eigenvalue weighted by atomic mass is 28.3. The molecule has 1 aliphatic carbocycles. The van der Waals surface area contributed by atoms with Crippen LogP contribution in [0, 0.1) is 17.7 Å². The van der Waals surface area contributed by atoms with E-state index in [1.807, 2.05) is 13.0 Å². The monoisotopic (exact) mass is 446 g/mol. The molecule has 0 N–H and O–H groups in total. The second kappa shape index (κ2) is 13.7. The minimum Gasteiger partial charge on any atom is -0.491 e. The van der Waals surface area contributed by atoms with Crippen LogP contribution in [0.1, 0.15) is 109 Å². The Labute approximate surface area is 193 Å². The Morgan fingerprint density at radius 3 is 2.16 bits per heavy atom. The Balaban J connectivity index is 1.26. The van der Waals surface area contributed by atoms with Crippen LogP contribution in [0.25, 0.3) is 0 Å². The zero-order valence-electron chi connectivity index (χ0n) is 20.3. The summed E-state index contributed by atoms with van der Waals surface area (Å²) in [4.78, 5) is 0. The molecule has 0 unspecified atom stereocenters. The van der Waals surface area contributed by atoms with E-state index in [0.717, 1.165) is 11.8 Å². The summed E-state index contributed by atoms with van der Waals surface area (Å²) < 4.78 is 19.5. The van der Waals surface area contributed by atoms with Gasteiger partial charge in [0.15, 0.2) is 11.6 Å². The summed E-state index contributed by atoms with van der Waals surface area (Å²) in [6, 6.07) is 10.5. The normalized spacial score (nSPS) is 26.7. The summed E-state index contributed by atoms with van der Waals surface area (Å²) in [6.45, 7) is 4.74. The molecular formula is C28H47FOSi. The second-order valence-corrected chi connectivity index (χ2v) is 14.0. The van der Waals surface area contributed by atoms with Crippen molar-refractivity contribution in [2.24, 2.45) is 11.8 Å². The van der Waals surface area contributed by atoms with Crippen LogP contribution in [-0.2, 0) is 0 Å². The van der Waals surface area contributed by atoms with E-state index in [1.165, 1.54) is 76.2 Å². The van der Waals surface area contributed by atoms with E-state index in [-0.39, 0.29) is 14.6 Å². The summed E-state index contributed by atoms with van der Waals surface area (Å²) >= 11 is 0. The Morgan fingerprint density at radius 1 is 0.871 bits per heavy atom. The molecule has 1 aromatic carbocycles. The molecule has 3 heteroatoms. The minimum atomic E-state index is -0.333. The van der Waals surface area contributed by atoms with Gasteiger partial charge in [-0.3, -0.25) is 0 Å². The maximum absolute atomic E-state index is 14.2. The third kappa shape index (κ3) is 8.22. The van der Waals surface area contributed by atoms with Gasteiger partial charge in [-0.15, -0.1) is 0 Å². The van der Waals surface area contributed by atoms with E-state index in [1.54, 1.807) is 37.0 Å². The van der Waals surface area contributed by atoms with Gasteiger partial charge in [-0.2, -0.15) is 0 Å². The van der Waals surface area contributed by atoms with Crippen molar-refractivity contribution in [3.63, 3.8) is 0 Å². The minimum absolute atomic E-state index is 0.195. The Hall–Kier alpha value is -0.833. The van der Waals surface area contributed by atoms with E-state index in [4.69, 9.17) is 4.74 Å². The Kier molecular flexibility index (Phi) is 10.9. The van der Waals surface area contributed by atoms with Crippen molar-refractivity contribution in [2.75, 3.05) is 6.61 Å². The summed E-state index contributed by atoms with van der Waals surface area (Å²) in [7, 11) is -0.333. The first-order valence-electron chi connectivity index (χ1n) is 13.6. The maximum atomic E-state index is 14.2. The number of ether oxygens (including phenoxy) is 1. The molecule has 1 aromatic rings. The van der Waals surface area contributed by atoms with Crippen molar-refractivity contribution in [1.29, 1.82) is 0 Å². The summed E-state index contributed by atoms with van der Waals surface area (Å²) in [5, 5.41) is 0. The molecule has 1 saturated carbocycles. The smallest absolute Gasteiger partial charge is 0.165 e. The highest BCUT2D eigenvalue weighted by molar-refractivity contribution is 6.58. The summed E-state index contributed by atoms with van der Waals surface area (Å²) in [5.74, 6) is 2.70. The van der Waals surface area contributed by atoms with Gasteiger partial charge in [0.1, 0.15) is 0 Å². The molecular weight excluding hydrogens is 399 g/mol. The van der Waals surface area contributed by atoms with Crippen molar-refractivity contribution >= 4 is 8.80 Å². The lowest BCUT2D eigenvalue weighted by molar-refractivity contribution is 0.295. The van der Waals surface area contributed by atoms with Crippen LogP contribution in [0.4, 0.5) is 4.39 Å². The molecule has 0 atom stereocenters. The number of hydrogen-bond donors (Lipinski definition) is 0. The Morgan fingerprint density at radius 2 is 1.55 bits per heavy atom. The summed E-state index contributed by atoms with van der Waals surface area (Å²) in [6.07, 6.45) is 18.4. The second-order valence-electron chi connectivity index (χ2n) is 10.5. The van der Waals surface area contributed by atoms with Gasteiger partial charge in [0.25, 0.3) is 0 Å². The van der Waals surface area contributed by atoms with Crippen molar-refractivity contribution in [3.05, 3.63) is 29.6 Å². The molecule has 0 spiro atoms. The molecule has 176 valence electrons. The first kappa shape index (κ1) is 24.8. The van der Waals surface area contributed by atoms with Crippen molar-refractivity contribution in [2.45, 2.75) is 121 Å². The molecule has 0 amide bonds. The van der Waals surface area contributed by atoms with E-state index in [9.17, 15) is 4.39 Å². The molecule has 1 saturated heterocycles. The van der Waals surface area contributed by atoms with Crippen molar-refractivity contribution in [1.82, 2.24) is 0 Å². The quantitative estimate of drug-likeness (QED) is 0.230. The SMILES string of the molecule is CCCCC[Si@H]1CC[C@H](CCCC[C@H]2CC[C@H](c3ccc(OCC)c(F)c3)CC2)CC1. The average molecular weight is 447 g/mol. The molecule has 1 heterocycles. The Bertz CT molecular complexity index is 617. The average Bonchev–Trinajstić information content (AvgIpc) is 2.80. The lowest BCUT2D eigenvalue weighted by Crippen LogP contribution is -2.21. The molecule has 2 fully saturated rings. The molecule has 0 aromatic heterocycles. The summed E-state index contributed by atoms with van der Waals surface area (Å²) in [5.41, 5.74) is 1.17. The van der Waals surface area contributed by atoms with Crippen molar-refractivity contribution in [3.8, 4) is 5.75 Å². The number of halogens is 1. The fourth-order valence-electron chi connectivity index (χ4n) is 6.19. The topological polar surface area (TPSA) is 9.23 Å². The zero-order valence-corrected chi connectivity index (χ0v) is 21.5. The molecule has 0 radical (unpaired) electrons. The predicted molar refractivity (Wildman–Crippen MR) is 135 cm³/mol. The highest BCUT2D eigenvalue weighted by Gasteiger charge is 2.24. The molecule has 1 nitrogen and oxygen atoms in total. The number of hydrogen-bond acceptors (Lipinski definition) is 1. The van der Waals surface area contributed by atoms with Crippen LogP contribution in [0.2, 0.25) is 18.1 Å². The largest absolute Gasteiger partial charge is 0.491 e. The van der Waals surface area contributed by atoms with Gasteiger partial charge >= 0.3 is 0 Å². The van der Waals surface area contributed by atoms with E-state index in [2.05, 4.69) is 13.0 Å². The molecule has 3 rings (SSSR count). The van der Waals surface area contributed by atoms with E-state index in [0.29, 0.717) is 18.3 Å². The first-order valence-corrected chi connectivity index (χ1v) is 16.1. The van der Waals surface area contributed by atoms with Gasteiger partial charge in [-0.05, 0) is 68.1 Å². The number of benzene rings is 1. The van der Waals surface area contributed by atoms with Gasteiger partial charge in [-0.25, -0.2) is 4.39 Å². The van der Waals surface area contributed by atoms with Gasteiger partial charge in [0.2, 0.25) is 0 Å². The molecule has 2 aliphatic rings. The number of unbranched alkanes of at least 4 members (excludes halogenated alkanes) is 3. The first-order chi connectivity index (χ1) is 15.2. The lowest BCUT2D eigenvalue weighted by atomic mass is 9.77. The molecule has 1 aliphatic heterocycles. The third-order valence-corrected chi connectivity index (χ3v) is 11.8. The van der Waals surface area contributed by atoms with Crippen LogP contribution >= 0.6 is 0 Å². The van der Waals surface area contributed by atoms with Crippen LogP contribution in [0.3, 0.4) is 0 Å². The van der Waals surface area contributed by atoms with Crippen molar-refractivity contribution < 1.29 is 9.13 Å². The fourth-order valence-corrected chi connectivity index (χ4v) is 9.80. The van der Waals surface area contributed by atoms with Crippen LogP contribution < -0.4 is 4.74 Å². The highest BCUT2D eigenvalue weighted by Crippen LogP contribution is 2.39. The third-order valence-electron chi connectivity index (χ3n) is 8.23. The fraction of sp³-hybridized carbons (Fsp3) is 0.786. The number of rotatable bonds is 12. The van der Waals surface area contributed by atoms with Crippen LogP contribution in [0.5, 0.6) is 5.75 Å². The van der Waals surface area contributed by atoms with Gasteiger partial charge in [0.05, 0.1) is 6.61 Å². The van der Waals surface area contributed by atoms with Gasteiger partial charge in [-0.1, -0.05) is 88.9 Å². The molecule has 31 heavy (non-hydrogen) atoms. The van der Waals surface area contributed by atoms with Gasteiger partial charge < -0.3 is 4.74 Å². The lowest BCUT2D eigenvalue weighted by Gasteiger charge is -2.30. The van der Waals surface area contributed by atoms with Crippen LogP contribution in [-0.4, -0.2) is 15.4 Å².